The summed E-state index contributed by atoms with van der Waals surface area (Å²) in [5.74, 6) is 0. The third kappa shape index (κ3) is 4.10. The van der Waals surface area contributed by atoms with Crippen LogP contribution in [0.1, 0.15) is 52.8 Å². The molecule has 0 N–H and O–H groups in total. The minimum atomic E-state index is -0.405. The molecule has 1 nitrogen and oxygen atoms in total. The monoisotopic (exact) mass is 689 g/mol. The SMILES string of the molecule is Cc1cccc(-c2ccc(N(c3ccc4c(c3)C(C)(C)c3ccccc3-4)c3cccc4c3-c3ccccc3C43c4ccccc4-c4ccccc43)cc2)c1. The summed E-state index contributed by atoms with van der Waals surface area (Å²) in [6, 6.07) is 68.3. The molecule has 1 spiro atoms. The molecule has 11 rings (SSSR count). The van der Waals surface area contributed by atoms with Crippen LogP contribution in [0.25, 0.3) is 44.5 Å². The van der Waals surface area contributed by atoms with E-state index in [0.29, 0.717) is 0 Å². The third-order valence-electron chi connectivity index (χ3n) is 12.5. The highest BCUT2D eigenvalue weighted by molar-refractivity contribution is 6.01. The zero-order valence-electron chi connectivity index (χ0n) is 30.8. The Morgan fingerprint density at radius 3 is 1.56 bits per heavy atom. The van der Waals surface area contributed by atoms with Crippen molar-refractivity contribution >= 4 is 17.1 Å². The lowest BCUT2D eigenvalue weighted by Crippen LogP contribution is -2.26. The molecule has 0 radical (unpaired) electrons. The Morgan fingerprint density at radius 2 is 0.889 bits per heavy atom. The smallest absolute Gasteiger partial charge is 0.0726 e. The molecule has 8 aromatic carbocycles. The van der Waals surface area contributed by atoms with E-state index in [1.54, 1.807) is 0 Å². The molecule has 0 saturated heterocycles. The van der Waals surface area contributed by atoms with Crippen molar-refractivity contribution in [2.24, 2.45) is 0 Å². The zero-order chi connectivity index (χ0) is 36.2. The lowest BCUT2D eigenvalue weighted by atomic mass is 9.70. The molecule has 0 saturated carbocycles. The summed E-state index contributed by atoms with van der Waals surface area (Å²) < 4.78 is 0. The van der Waals surface area contributed by atoms with E-state index in [4.69, 9.17) is 0 Å². The summed E-state index contributed by atoms with van der Waals surface area (Å²) in [5.41, 5.74) is 22.8. The topological polar surface area (TPSA) is 3.24 Å². The van der Waals surface area contributed by atoms with Crippen molar-refractivity contribution < 1.29 is 0 Å². The fraction of sp³-hybridized carbons (Fsp3) is 0.0943. The van der Waals surface area contributed by atoms with Gasteiger partial charge in [-0.05, 0) is 110 Å². The molecule has 0 aliphatic heterocycles. The van der Waals surface area contributed by atoms with E-state index in [1.165, 1.54) is 89.1 Å². The van der Waals surface area contributed by atoms with Crippen LogP contribution >= 0.6 is 0 Å². The molecular formula is C53H39N. The molecule has 0 heterocycles. The van der Waals surface area contributed by atoms with Crippen molar-refractivity contribution in [2.45, 2.75) is 31.6 Å². The first kappa shape index (κ1) is 31.1. The molecule has 1 heteroatoms. The van der Waals surface area contributed by atoms with Crippen LogP contribution in [0.3, 0.4) is 0 Å². The summed E-state index contributed by atoms with van der Waals surface area (Å²) >= 11 is 0. The fourth-order valence-corrected chi connectivity index (χ4v) is 10.2. The predicted octanol–water partition coefficient (Wildman–Crippen LogP) is 13.8. The second-order valence-corrected chi connectivity index (χ2v) is 15.7. The Morgan fingerprint density at radius 1 is 0.370 bits per heavy atom. The van der Waals surface area contributed by atoms with Gasteiger partial charge in [0, 0.05) is 22.4 Å². The summed E-state index contributed by atoms with van der Waals surface area (Å²) in [4.78, 5) is 2.51. The van der Waals surface area contributed by atoms with E-state index in [1.807, 2.05) is 0 Å². The van der Waals surface area contributed by atoms with E-state index in [2.05, 4.69) is 208 Å². The number of rotatable bonds is 4. The molecule has 3 aliphatic carbocycles. The highest BCUT2D eigenvalue weighted by Gasteiger charge is 2.52. The molecular weight excluding hydrogens is 651 g/mol. The maximum atomic E-state index is 2.51. The number of hydrogen-bond donors (Lipinski definition) is 0. The Balaban J connectivity index is 1.18. The quantitative estimate of drug-likeness (QED) is 0.178. The van der Waals surface area contributed by atoms with Gasteiger partial charge < -0.3 is 4.90 Å². The van der Waals surface area contributed by atoms with Gasteiger partial charge in [0.1, 0.15) is 0 Å². The van der Waals surface area contributed by atoms with Crippen molar-refractivity contribution in [1.29, 1.82) is 0 Å². The van der Waals surface area contributed by atoms with Crippen LogP contribution in [0, 0.1) is 6.92 Å². The molecule has 256 valence electrons. The largest absolute Gasteiger partial charge is 0.310 e. The number of anilines is 3. The molecule has 0 amide bonds. The van der Waals surface area contributed by atoms with Crippen LogP contribution in [0.5, 0.6) is 0 Å². The van der Waals surface area contributed by atoms with Gasteiger partial charge in [-0.3, -0.25) is 0 Å². The first-order valence-corrected chi connectivity index (χ1v) is 19.1. The number of benzene rings is 8. The molecule has 0 atom stereocenters. The summed E-state index contributed by atoms with van der Waals surface area (Å²) in [6.45, 7) is 6.91. The van der Waals surface area contributed by atoms with Crippen molar-refractivity contribution in [1.82, 2.24) is 0 Å². The van der Waals surface area contributed by atoms with Gasteiger partial charge in [-0.15, -0.1) is 0 Å². The van der Waals surface area contributed by atoms with Gasteiger partial charge in [-0.1, -0.05) is 171 Å². The molecule has 0 aromatic heterocycles. The van der Waals surface area contributed by atoms with E-state index in [0.717, 1.165) is 11.4 Å². The highest BCUT2D eigenvalue weighted by Crippen LogP contribution is 2.64. The normalized spacial score (nSPS) is 14.5. The van der Waals surface area contributed by atoms with Crippen molar-refractivity contribution in [3.63, 3.8) is 0 Å². The lowest BCUT2D eigenvalue weighted by Gasteiger charge is -2.32. The van der Waals surface area contributed by atoms with Gasteiger partial charge in [0.25, 0.3) is 0 Å². The molecule has 0 fully saturated rings. The van der Waals surface area contributed by atoms with Gasteiger partial charge >= 0.3 is 0 Å². The van der Waals surface area contributed by atoms with Gasteiger partial charge in [-0.2, -0.15) is 0 Å². The number of hydrogen-bond acceptors (Lipinski definition) is 1. The Labute approximate surface area is 317 Å². The number of nitrogens with zero attached hydrogens (tertiary/aromatic N) is 1. The Bertz CT molecular complexity index is 2770. The van der Waals surface area contributed by atoms with Crippen LogP contribution in [-0.4, -0.2) is 0 Å². The van der Waals surface area contributed by atoms with Crippen molar-refractivity contribution in [2.75, 3.05) is 4.90 Å². The van der Waals surface area contributed by atoms with Crippen LogP contribution in [0.2, 0.25) is 0 Å². The molecule has 3 aliphatic rings. The second kappa shape index (κ2) is 11.3. The minimum Gasteiger partial charge on any atom is -0.310 e. The predicted molar refractivity (Wildman–Crippen MR) is 225 cm³/mol. The maximum Gasteiger partial charge on any atom is 0.0726 e. The van der Waals surface area contributed by atoms with E-state index in [-0.39, 0.29) is 5.41 Å². The van der Waals surface area contributed by atoms with E-state index in [9.17, 15) is 0 Å². The summed E-state index contributed by atoms with van der Waals surface area (Å²) in [5, 5.41) is 0. The number of aryl methyl sites for hydroxylation is 1. The van der Waals surface area contributed by atoms with Crippen LogP contribution in [-0.2, 0) is 10.8 Å². The van der Waals surface area contributed by atoms with E-state index >= 15 is 0 Å². The van der Waals surface area contributed by atoms with Crippen LogP contribution in [0.15, 0.2) is 182 Å². The molecule has 8 aromatic rings. The average molecular weight is 690 g/mol. The zero-order valence-corrected chi connectivity index (χ0v) is 30.8. The Kier molecular flexibility index (Phi) is 6.50. The summed E-state index contributed by atoms with van der Waals surface area (Å²) in [7, 11) is 0. The molecule has 54 heavy (non-hydrogen) atoms. The second-order valence-electron chi connectivity index (χ2n) is 15.7. The first-order chi connectivity index (χ1) is 26.5. The van der Waals surface area contributed by atoms with Crippen LogP contribution < -0.4 is 4.90 Å². The van der Waals surface area contributed by atoms with Gasteiger partial charge in [-0.25, -0.2) is 0 Å². The summed E-state index contributed by atoms with van der Waals surface area (Å²) in [6.07, 6.45) is 0. The first-order valence-electron chi connectivity index (χ1n) is 19.1. The standard InChI is InChI=1S/C53H39N/c1-34-14-12-15-36(32-34)35-26-28-37(29-27-35)54(38-30-31-42-39-16-4-8-20-44(39)52(2,3)49(42)33-38)50-25-13-24-48-51(50)43-19-7-11-23-47(43)53(48)45-21-9-5-17-40(45)41-18-6-10-22-46(41)53/h4-33H,1-3H3. The third-order valence-corrected chi connectivity index (χ3v) is 12.5. The van der Waals surface area contributed by atoms with Crippen molar-refractivity contribution in [3.8, 4) is 44.5 Å². The van der Waals surface area contributed by atoms with Gasteiger partial charge in [0.2, 0.25) is 0 Å². The maximum absolute atomic E-state index is 2.51. The highest BCUT2D eigenvalue weighted by atomic mass is 15.1. The Hall–Kier alpha value is -6.44. The molecule has 0 unspecified atom stereocenters. The fourth-order valence-electron chi connectivity index (χ4n) is 10.2. The van der Waals surface area contributed by atoms with E-state index < -0.39 is 5.41 Å². The lowest BCUT2D eigenvalue weighted by molar-refractivity contribution is 0.660. The molecule has 0 bridgehead atoms. The van der Waals surface area contributed by atoms with Crippen molar-refractivity contribution in [3.05, 3.63) is 221 Å². The number of fused-ring (bicyclic) bond motifs is 13. The van der Waals surface area contributed by atoms with Crippen LogP contribution in [0.4, 0.5) is 17.1 Å². The average Bonchev–Trinajstić information content (AvgIpc) is 3.77. The minimum absolute atomic E-state index is 0.116. The van der Waals surface area contributed by atoms with Gasteiger partial charge in [0.05, 0.1) is 11.1 Å². The van der Waals surface area contributed by atoms with Gasteiger partial charge in [0.15, 0.2) is 0 Å².